The lowest BCUT2D eigenvalue weighted by atomic mass is 9.92. The molecule has 200 valence electrons. The molecule has 1 saturated heterocycles. The monoisotopic (exact) mass is 534 g/mol. The van der Waals surface area contributed by atoms with Gasteiger partial charge in [-0.25, -0.2) is 13.8 Å². The molecule has 1 aromatic heterocycles. The number of aryl methyl sites for hydroxylation is 1. The summed E-state index contributed by atoms with van der Waals surface area (Å²) >= 11 is 0. The van der Waals surface area contributed by atoms with Gasteiger partial charge in [0.1, 0.15) is 34.9 Å². The Morgan fingerprint density at radius 1 is 1.13 bits per heavy atom. The first-order valence-corrected chi connectivity index (χ1v) is 11.4. The molecule has 38 heavy (non-hydrogen) atoms. The van der Waals surface area contributed by atoms with Crippen molar-refractivity contribution >= 4 is 17.5 Å². The summed E-state index contributed by atoms with van der Waals surface area (Å²) in [7, 11) is 1.23. The highest BCUT2D eigenvalue weighted by Gasteiger charge is 2.46. The van der Waals surface area contributed by atoms with Crippen LogP contribution in [-0.4, -0.2) is 47.7 Å². The Balaban J connectivity index is 1.72. The third-order valence-electron chi connectivity index (χ3n) is 6.12. The Morgan fingerprint density at radius 2 is 1.79 bits per heavy atom. The number of amides is 2. The molecule has 0 bridgehead atoms. The smallest absolute Gasteiger partial charge is 0.387 e. The molecule has 13 heteroatoms. The topological polar surface area (TPSA) is 103 Å². The number of carbonyl (C=O) groups excluding carboxylic acids is 2. The normalized spacial score (nSPS) is 17.1. The quantitative estimate of drug-likeness (QED) is 0.446. The van der Waals surface area contributed by atoms with Crippen LogP contribution in [0.3, 0.4) is 0 Å². The number of anilines is 1. The highest BCUT2D eigenvalue weighted by Crippen LogP contribution is 2.35. The van der Waals surface area contributed by atoms with Gasteiger partial charge in [-0.3, -0.25) is 19.0 Å². The van der Waals surface area contributed by atoms with Crippen LogP contribution in [0.25, 0.3) is 0 Å². The number of rotatable bonds is 8. The van der Waals surface area contributed by atoms with E-state index < -0.39 is 53.1 Å². The van der Waals surface area contributed by atoms with Gasteiger partial charge in [-0.05, 0) is 31.2 Å². The van der Waals surface area contributed by atoms with Crippen molar-refractivity contribution in [1.29, 1.82) is 0 Å². The Kier molecular flexibility index (Phi) is 7.65. The second kappa shape index (κ2) is 10.9. The van der Waals surface area contributed by atoms with Crippen LogP contribution in [-0.2, 0) is 11.3 Å². The molecule has 9 nitrogen and oxygen atoms in total. The van der Waals surface area contributed by atoms with Crippen LogP contribution in [0.2, 0.25) is 0 Å². The Bertz CT molecular complexity index is 1390. The fraction of sp³-hybridized carbons (Fsp3) is 0.280. The van der Waals surface area contributed by atoms with E-state index in [1.54, 1.807) is 6.92 Å². The van der Waals surface area contributed by atoms with Crippen molar-refractivity contribution in [3.05, 3.63) is 82.0 Å². The van der Waals surface area contributed by atoms with Gasteiger partial charge in [-0.2, -0.15) is 8.78 Å². The molecule has 2 heterocycles. The molecule has 0 radical (unpaired) electrons. The van der Waals surface area contributed by atoms with Gasteiger partial charge in [0.25, 0.3) is 11.5 Å². The lowest BCUT2D eigenvalue weighted by molar-refractivity contribution is -0.118. The number of alkyl halides is 2. The van der Waals surface area contributed by atoms with E-state index in [9.17, 15) is 23.2 Å². The van der Waals surface area contributed by atoms with Crippen molar-refractivity contribution in [2.45, 2.75) is 32.0 Å². The van der Waals surface area contributed by atoms with Crippen LogP contribution in [0.15, 0.2) is 53.7 Å². The Hall–Kier alpha value is -4.42. The molecule has 2 aromatic carbocycles. The third kappa shape index (κ3) is 5.17. The zero-order chi connectivity index (χ0) is 27.6. The van der Waals surface area contributed by atoms with E-state index in [-0.39, 0.29) is 35.8 Å². The zero-order valence-corrected chi connectivity index (χ0v) is 20.2. The SMILES string of the molecule is CCn1cncc(N2C[C@@H](c3c(F)cc(OC)cc3F)C(NC(=O)c3ccc(OC(F)F)cc3)C2=O)c1=O. The van der Waals surface area contributed by atoms with Crippen molar-refractivity contribution < 1.29 is 36.6 Å². The first-order chi connectivity index (χ1) is 18.1. The molecule has 2 amide bonds. The molecular formula is C25H22F4N4O5. The summed E-state index contributed by atoms with van der Waals surface area (Å²) < 4.78 is 65.4. The lowest BCUT2D eigenvalue weighted by Gasteiger charge is -2.20. The highest BCUT2D eigenvalue weighted by molar-refractivity contribution is 6.04. The summed E-state index contributed by atoms with van der Waals surface area (Å²) in [6.45, 7) is -1.44. The third-order valence-corrected chi connectivity index (χ3v) is 6.12. The van der Waals surface area contributed by atoms with E-state index in [0.717, 1.165) is 35.4 Å². The fourth-order valence-electron chi connectivity index (χ4n) is 4.26. The predicted molar refractivity (Wildman–Crippen MR) is 127 cm³/mol. The van der Waals surface area contributed by atoms with Gasteiger partial charge in [-0.15, -0.1) is 0 Å². The summed E-state index contributed by atoms with van der Waals surface area (Å²) in [6.07, 6.45) is 2.45. The molecule has 2 atom stereocenters. The van der Waals surface area contributed by atoms with Gasteiger partial charge < -0.3 is 19.7 Å². The minimum absolute atomic E-state index is 0.0259. The molecule has 3 aromatic rings. The number of aromatic nitrogens is 2. The van der Waals surface area contributed by atoms with Gasteiger partial charge in [0.05, 0.1) is 19.6 Å². The molecular weight excluding hydrogens is 512 g/mol. The largest absolute Gasteiger partial charge is 0.497 e. The first-order valence-electron chi connectivity index (χ1n) is 11.4. The number of hydrogen-bond donors (Lipinski definition) is 1. The van der Waals surface area contributed by atoms with E-state index in [1.807, 2.05) is 0 Å². The summed E-state index contributed by atoms with van der Waals surface area (Å²) in [6, 6.07) is 5.05. The molecule has 0 aliphatic carbocycles. The number of halogens is 4. The van der Waals surface area contributed by atoms with Crippen LogP contribution in [0.5, 0.6) is 11.5 Å². The number of nitrogens with zero attached hydrogens (tertiary/aromatic N) is 3. The summed E-state index contributed by atoms with van der Waals surface area (Å²) in [5.41, 5.74) is -1.18. The minimum Gasteiger partial charge on any atom is -0.497 e. The van der Waals surface area contributed by atoms with E-state index >= 15 is 8.78 Å². The van der Waals surface area contributed by atoms with Gasteiger partial charge in [0.15, 0.2) is 0 Å². The molecule has 1 N–H and O–H groups in total. The fourth-order valence-corrected chi connectivity index (χ4v) is 4.26. The maximum atomic E-state index is 15.1. The standard InChI is InChI=1S/C25H22F4N4O5/c1-3-32-12-30-10-19(23(32)35)33-11-16(20-17(26)8-15(37-2)9-18(20)27)21(24(33)36)31-22(34)13-4-6-14(7-5-13)38-25(28)29/h4-10,12,16,21,25H,3,11H2,1-2H3,(H,31,34)/t16-,21?/m0/s1. The van der Waals surface area contributed by atoms with E-state index in [1.165, 1.54) is 30.1 Å². The van der Waals surface area contributed by atoms with Crippen molar-refractivity contribution in [3.63, 3.8) is 0 Å². The van der Waals surface area contributed by atoms with Crippen LogP contribution in [0.1, 0.15) is 28.8 Å². The molecule has 1 aliphatic rings. The van der Waals surface area contributed by atoms with Gasteiger partial charge in [0.2, 0.25) is 5.91 Å². The minimum atomic E-state index is -3.06. The molecule has 1 aliphatic heterocycles. The van der Waals surface area contributed by atoms with E-state index in [0.29, 0.717) is 0 Å². The second-order valence-electron chi connectivity index (χ2n) is 8.28. The molecule has 1 unspecified atom stereocenters. The number of hydrogen-bond acceptors (Lipinski definition) is 6. The summed E-state index contributed by atoms with van der Waals surface area (Å²) in [5.74, 6) is -5.14. The number of methoxy groups -OCH3 is 1. The average molecular weight is 534 g/mol. The Labute approximate surface area is 213 Å². The molecule has 4 rings (SSSR count). The number of nitrogens with one attached hydrogen (secondary N) is 1. The van der Waals surface area contributed by atoms with Crippen molar-refractivity contribution in [2.24, 2.45) is 0 Å². The van der Waals surface area contributed by atoms with Crippen LogP contribution < -0.4 is 25.2 Å². The van der Waals surface area contributed by atoms with Crippen LogP contribution in [0, 0.1) is 11.6 Å². The van der Waals surface area contributed by atoms with Gasteiger partial charge >= 0.3 is 6.61 Å². The maximum Gasteiger partial charge on any atom is 0.387 e. The average Bonchev–Trinajstić information content (AvgIpc) is 3.18. The molecule has 1 fully saturated rings. The van der Waals surface area contributed by atoms with E-state index in [2.05, 4.69) is 15.0 Å². The Morgan fingerprint density at radius 3 is 2.37 bits per heavy atom. The van der Waals surface area contributed by atoms with Crippen molar-refractivity contribution in [1.82, 2.24) is 14.9 Å². The first kappa shape index (κ1) is 26.6. The van der Waals surface area contributed by atoms with Crippen molar-refractivity contribution in [3.8, 4) is 11.5 Å². The van der Waals surface area contributed by atoms with Crippen LogP contribution >= 0.6 is 0 Å². The highest BCUT2D eigenvalue weighted by atomic mass is 19.3. The maximum absolute atomic E-state index is 15.1. The number of carbonyl (C=O) groups is 2. The lowest BCUT2D eigenvalue weighted by Crippen LogP contribution is -2.44. The predicted octanol–water partition coefficient (Wildman–Crippen LogP) is 3.08. The summed E-state index contributed by atoms with van der Waals surface area (Å²) in [5, 5.41) is 2.47. The van der Waals surface area contributed by atoms with Crippen LogP contribution in [0.4, 0.5) is 23.2 Å². The number of benzene rings is 2. The number of ether oxygens (including phenoxy) is 2. The van der Waals surface area contributed by atoms with Gasteiger partial charge in [-0.1, -0.05) is 0 Å². The summed E-state index contributed by atoms with van der Waals surface area (Å²) in [4.78, 5) is 44.3. The molecule has 0 saturated carbocycles. The van der Waals surface area contributed by atoms with Crippen molar-refractivity contribution in [2.75, 3.05) is 18.6 Å². The molecule has 0 spiro atoms. The second-order valence-corrected chi connectivity index (χ2v) is 8.28. The zero-order valence-electron chi connectivity index (χ0n) is 20.2. The van der Waals surface area contributed by atoms with E-state index in [4.69, 9.17) is 4.74 Å². The van der Waals surface area contributed by atoms with Gasteiger partial charge in [0, 0.05) is 42.3 Å².